The molecule has 0 saturated heterocycles. The third-order valence-electron chi connectivity index (χ3n) is 7.55. The van der Waals surface area contributed by atoms with Crippen LogP contribution < -0.4 is 4.90 Å². The molecule has 0 bridgehead atoms. The van der Waals surface area contributed by atoms with E-state index in [1.807, 2.05) is 0 Å². The number of nitrogens with zero attached hydrogens (tertiary/aromatic N) is 5. The fourth-order valence-electron chi connectivity index (χ4n) is 5.55. The van der Waals surface area contributed by atoms with Gasteiger partial charge in [0.05, 0.1) is 11.1 Å². The van der Waals surface area contributed by atoms with Crippen molar-refractivity contribution in [1.82, 2.24) is 25.0 Å². The van der Waals surface area contributed by atoms with Gasteiger partial charge in [-0.05, 0) is 55.0 Å². The maximum atomic E-state index is 13.8. The number of H-pyrrole nitrogens is 1. The van der Waals surface area contributed by atoms with Gasteiger partial charge in [-0.1, -0.05) is 62.0 Å². The number of halogens is 3. The minimum Gasteiger partial charge on any atom is -0.339 e. The Morgan fingerprint density at radius 2 is 1.89 bits per heavy atom. The molecule has 3 aromatic rings. The van der Waals surface area contributed by atoms with Crippen LogP contribution in [0.2, 0.25) is 10.3 Å². The highest BCUT2D eigenvalue weighted by molar-refractivity contribution is 6.31. The summed E-state index contributed by atoms with van der Waals surface area (Å²) in [6.45, 7) is 7.16. The lowest BCUT2D eigenvalue weighted by molar-refractivity contribution is 0.221. The van der Waals surface area contributed by atoms with Crippen LogP contribution in [-0.2, 0) is 11.8 Å². The summed E-state index contributed by atoms with van der Waals surface area (Å²) >= 11 is 12.6. The number of nitrogens with one attached hydrogen (secondary N) is 1. The number of rotatable bonds is 9. The molecule has 8 nitrogen and oxygen atoms in total. The maximum absolute atomic E-state index is 13.8. The predicted octanol–water partition coefficient (Wildman–Crippen LogP) is 7.13. The third kappa shape index (κ3) is 4.94. The molecule has 1 N–H and O–H groups in total. The van der Waals surface area contributed by atoms with Gasteiger partial charge in [-0.3, -0.25) is 9.80 Å². The van der Waals surface area contributed by atoms with Gasteiger partial charge in [0, 0.05) is 24.5 Å². The lowest BCUT2D eigenvalue weighted by atomic mass is 9.69. The topological polar surface area (TPSA) is 91.2 Å². The van der Waals surface area contributed by atoms with Crippen LogP contribution in [0.25, 0.3) is 5.70 Å². The summed E-state index contributed by atoms with van der Waals surface area (Å²) < 4.78 is 19.4. The van der Waals surface area contributed by atoms with Crippen LogP contribution in [0, 0.1) is 5.82 Å². The first-order valence-corrected chi connectivity index (χ1v) is 13.9. The average Bonchev–Trinajstić information content (AvgIpc) is 3.53. The molecule has 1 aliphatic heterocycles. The Kier molecular flexibility index (Phi) is 7.77. The van der Waals surface area contributed by atoms with Gasteiger partial charge in [-0.25, -0.2) is 9.18 Å². The average molecular weight is 561 g/mol. The van der Waals surface area contributed by atoms with E-state index in [1.165, 1.54) is 12.1 Å². The van der Waals surface area contributed by atoms with Crippen molar-refractivity contribution in [1.29, 1.82) is 0 Å². The molecule has 38 heavy (non-hydrogen) atoms. The lowest BCUT2D eigenvalue weighted by Crippen LogP contribution is -2.47. The molecule has 3 heterocycles. The zero-order chi connectivity index (χ0) is 26.9. The van der Waals surface area contributed by atoms with Crippen molar-refractivity contribution in [3.8, 4) is 0 Å². The number of hydrogen-bond acceptors (Lipinski definition) is 5. The van der Waals surface area contributed by atoms with Crippen molar-refractivity contribution < 1.29 is 13.7 Å². The number of amides is 2. The second-order valence-electron chi connectivity index (χ2n) is 9.99. The van der Waals surface area contributed by atoms with E-state index in [9.17, 15) is 9.18 Å². The van der Waals surface area contributed by atoms with E-state index in [0.29, 0.717) is 59.9 Å². The molecule has 5 rings (SSSR count). The number of fused-ring (bicyclic) bond motifs is 1. The van der Waals surface area contributed by atoms with E-state index in [1.54, 1.807) is 15.9 Å². The van der Waals surface area contributed by atoms with Crippen LogP contribution in [0.1, 0.15) is 81.3 Å². The Bertz CT molecular complexity index is 1330. The highest BCUT2D eigenvalue weighted by Crippen LogP contribution is 2.46. The summed E-state index contributed by atoms with van der Waals surface area (Å²) in [6, 6.07) is 4.35. The van der Waals surface area contributed by atoms with Gasteiger partial charge >= 0.3 is 6.03 Å². The first-order chi connectivity index (χ1) is 18.3. The SMILES string of the molecule is C=C1c2[nH]c(Cl)nc2N(CCCC)C(=O)N1CCCc1nc(C2(c3ccc(F)cc3Cl)CCCCC2)no1. The van der Waals surface area contributed by atoms with Crippen LogP contribution in [0.5, 0.6) is 0 Å². The largest absolute Gasteiger partial charge is 0.339 e. The van der Waals surface area contributed by atoms with Crippen molar-refractivity contribution in [2.75, 3.05) is 18.0 Å². The van der Waals surface area contributed by atoms with Gasteiger partial charge in [0.2, 0.25) is 11.2 Å². The second-order valence-corrected chi connectivity index (χ2v) is 10.8. The quantitative estimate of drug-likeness (QED) is 0.300. The van der Waals surface area contributed by atoms with Crippen LogP contribution in [-0.4, -0.2) is 44.1 Å². The zero-order valence-electron chi connectivity index (χ0n) is 21.4. The Labute approximate surface area is 231 Å². The molecule has 202 valence electrons. The summed E-state index contributed by atoms with van der Waals surface area (Å²) in [5.41, 5.74) is 1.53. The van der Waals surface area contributed by atoms with Crippen molar-refractivity contribution >= 4 is 40.7 Å². The van der Waals surface area contributed by atoms with Crippen LogP contribution in [0.15, 0.2) is 29.3 Å². The monoisotopic (exact) mass is 560 g/mol. The molecule has 0 spiro atoms. The summed E-state index contributed by atoms with van der Waals surface area (Å²) in [5.74, 6) is 1.23. The van der Waals surface area contributed by atoms with Gasteiger partial charge in [0.25, 0.3) is 0 Å². The Morgan fingerprint density at radius 1 is 1.13 bits per heavy atom. The number of unbranched alkanes of at least 4 members (excludes halogenated alkanes) is 1. The molecular formula is C27H31Cl2FN6O2. The van der Waals surface area contributed by atoms with E-state index in [2.05, 4.69) is 28.6 Å². The van der Waals surface area contributed by atoms with Crippen molar-refractivity contribution in [2.45, 2.75) is 70.1 Å². The van der Waals surface area contributed by atoms with Crippen molar-refractivity contribution in [3.63, 3.8) is 0 Å². The van der Waals surface area contributed by atoms with Crippen LogP contribution in [0.3, 0.4) is 0 Å². The number of anilines is 1. The minimum atomic E-state index is -0.502. The van der Waals surface area contributed by atoms with Crippen molar-refractivity contribution in [3.05, 3.63) is 63.9 Å². The molecule has 1 aromatic carbocycles. The number of carbonyl (C=O) groups is 1. The lowest BCUT2D eigenvalue weighted by Gasteiger charge is -2.35. The first kappa shape index (κ1) is 26.7. The van der Waals surface area contributed by atoms with Gasteiger partial charge in [0.15, 0.2) is 11.6 Å². The number of benzene rings is 1. The molecule has 11 heteroatoms. The number of aryl methyl sites for hydroxylation is 1. The Balaban J connectivity index is 1.31. The molecule has 2 amide bonds. The van der Waals surface area contributed by atoms with E-state index in [-0.39, 0.29) is 17.1 Å². The van der Waals surface area contributed by atoms with Crippen LogP contribution in [0.4, 0.5) is 15.0 Å². The Hall–Kier alpha value is -2.91. The van der Waals surface area contributed by atoms with E-state index in [4.69, 9.17) is 32.7 Å². The summed E-state index contributed by atoms with van der Waals surface area (Å²) in [7, 11) is 0. The smallest absolute Gasteiger partial charge is 0.330 e. The fourth-order valence-corrected chi connectivity index (χ4v) is 6.08. The number of imidazole rings is 1. The Morgan fingerprint density at radius 3 is 2.63 bits per heavy atom. The molecule has 1 aliphatic carbocycles. The highest BCUT2D eigenvalue weighted by atomic mass is 35.5. The third-order valence-corrected chi connectivity index (χ3v) is 8.04. The van der Waals surface area contributed by atoms with Gasteiger partial charge in [-0.15, -0.1) is 0 Å². The standard InChI is InChI=1S/C27H31Cl2FN6O2/c1-3-4-14-36-23-22(32-25(29)33-23)17(2)35(26(36)37)15-8-9-21-31-24(34-38-21)27(12-6-5-7-13-27)19-11-10-18(30)16-20(19)28/h10-11,16H,2-9,12-15H2,1H3,(H,32,33). The predicted molar refractivity (Wildman–Crippen MR) is 145 cm³/mol. The highest BCUT2D eigenvalue weighted by Gasteiger charge is 2.42. The number of carbonyl (C=O) groups excluding carboxylic acids is 1. The molecule has 0 atom stereocenters. The fraction of sp³-hybridized carbons (Fsp3) is 0.481. The molecular weight excluding hydrogens is 530 g/mol. The molecule has 1 fully saturated rings. The number of urea groups is 1. The molecule has 0 radical (unpaired) electrons. The number of aromatic nitrogens is 4. The molecule has 2 aliphatic rings. The van der Waals surface area contributed by atoms with E-state index < -0.39 is 5.41 Å². The molecule has 2 aromatic heterocycles. The summed E-state index contributed by atoms with van der Waals surface area (Å²) in [6.07, 6.45) is 7.65. The summed E-state index contributed by atoms with van der Waals surface area (Å²) in [4.78, 5) is 28.7. The number of hydrogen-bond donors (Lipinski definition) is 1. The van der Waals surface area contributed by atoms with Gasteiger partial charge in [-0.2, -0.15) is 9.97 Å². The normalized spacial score (nSPS) is 17.3. The summed E-state index contributed by atoms with van der Waals surface area (Å²) in [5, 5.41) is 4.96. The first-order valence-electron chi connectivity index (χ1n) is 13.2. The van der Waals surface area contributed by atoms with E-state index in [0.717, 1.165) is 50.5 Å². The zero-order valence-corrected chi connectivity index (χ0v) is 22.9. The second kappa shape index (κ2) is 11.1. The molecule has 1 saturated carbocycles. The maximum Gasteiger partial charge on any atom is 0.330 e. The minimum absolute atomic E-state index is 0.169. The van der Waals surface area contributed by atoms with Gasteiger partial charge in [0.1, 0.15) is 11.5 Å². The van der Waals surface area contributed by atoms with Crippen LogP contribution >= 0.6 is 23.2 Å². The van der Waals surface area contributed by atoms with E-state index >= 15 is 0 Å². The van der Waals surface area contributed by atoms with Crippen molar-refractivity contribution in [2.24, 2.45) is 0 Å². The molecule has 0 unspecified atom stereocenters. The van der Waals surface area contributed by atoms with Gasteiger partial charge < -0.3 is 9.51 Å². The number of aromatic amines is 1.